The molecule has 0 aliphatic rings. The second kappa shape index (κ2) is 8.24. The number of benzene rings is 2. The van der Waals surface area contributed by atoms with Crippen LogP contribution in [0.15, 0.2) is 73.2 Å². The van der Waals surface area contributed by atoms with Crippen LogP contribution < -0.4 is 10.6 Å². The Bertz CT molecular complexity index is 1420. The summed E-state index contributed by atoms with van der Waals surface area (Å²) in [6.07, 6.45) is 5.26. The van der Waals surface area contributed by atoms with E-state index in [4.69, 9.17) is 0 Å². The van der Waals surface area contributed by atoms with Gasteiger partial charge >= 0.3 is 0 Å². The number of aromatic nitrogens is 4. The highest BCUT2D eigenvalue weighted by molar-refractivity contribution is 7.22. The van der Waals surface area contributed by atoms with Crippen molar-refractivity contribution in [2.75, 3.05) is 10.6 Å². The summed E-state index contributed by atoms with van der Waals surface area (Å²) in [7, 11) is 0. The highest BCUT2D eigenvalue weighted by Crippen LogP contribution is 2.29. The zero-order valence-corrected chi connectivity index (χ0v) is 18.4. The van der Waals surface area contributed by atoms with Gasteiger partial charge in [-0.1, -0.05) is 23.5 Å². The van der Waals surface area contributed by atoms with Crippen LogP contribution in [0.2, 0.25) is 0 Å². The highest BCUT2D eigenvalue weighted by atomic mass is 32.1. The molecule has 5 aromatic rings. The van der Waals surface area contributed by atoms with E-state index in [0.29, 0.717) is 11.3 Å². The van der Waals surface area contributed by atoms with Crippen LogP contribution in [0.5, 0.6) is 0 Å². The fourth-order valence-corrected chi connectivity index (χ4v) is 4.26. The van der Waals surface area contributed by atoms with Crippen molar-refractivity contribution in [2.45, 2.75) is 13.8 Å². The standard InChI is InChI=1S/C24H20N6OS/c1-15-6-9-21-22(10-15)32-24(29-21)28-19-13-26-30(14-19)20-5-3-4-17(11-20)23(31)27-18-8-7-16(2)25-12-18/h3-14H,1-2H3,(H,27,31)(H,28,29). The Morgan fingerprint density at radius 2 is 1.91 bits per heavy atom. The smallest absolute Gasteiger partial charge is 0.255 e. The molecular weight excluding hydrogens is 420 g/mol. The quantitative estimate of drug-likeness (QED) is 0.377. The van der Waals surface area contributed by atoms with E-state index in [9.17, 15) is 4.79 Å². The molecule has 0 radical (unpaired) electrons. The zero-order chi connectivity index (χ0) is 22.1. The molecule has 0 spiro atoms. The summed E-state index contributed by atoms with van der Waals surface area (Å²) >= 11 is 1.60. The third kappa shape index (κ3) is 4.21. The average Bonchev–Trinajstić information content (AvgIpc) is 3.42. The highest BCUT2D eigenvalue weighted by Gasteiger charge is 2.10. The number of fused-ring (bicyclic) bond motifs is 1. The third-order valence-electron chi connectivity index (χ3n) is 4.92. The van der Waals surface area contributed by atoms with Crippen molar-refractivity contribution in [3.8, 4) is 5.69 Å². The summed E-state index contributed by atoms with van der Waals surface area (Å²) in [6, 6.07) is 17.2. The number of amides is 1. The van der Waals surface area contributed by atoms with Crippen LogP contribution in [0.4, 0.5) is 16.5 Å². The average molecular weight is 441 g/mol. The van der Waals surface area contributed by atoms with E-state index in [1.807, 2.05) is 43.5 Å². The van der Waals surface area contributed by atoms with Gasteiger partial charge in [0.05, 0.1) is 45.9 Å². The Labute approximate surface area is 188 Å². The van der Waals surface area contributed by atoms with Gasteiger partial charge in [-0.3, -0.25) is 9.78 Å². The molecule has 158 valence electrons. The van der Waals surface area contributed by atoms with E-state index in [2.05, 4.69) is 44.8 Å². The molecule has 7 nitrogen and oxygen atoms in total. The van der Waals surface area contributed by atoms with Crippen molar-refractivity contribution < 1.29 is 4.79 Å². The van der Waals surface area contributed by atoms with E-state index < -0.39 is 0 Å². The molecule has 5 rings (SSSR count). The first-order valence-corrected chi connectivity index (χ1v) is 10.9. The molecule has 0 saturated carbocycles. The Kier molecular flexibility index (Phi) is 5.12. The van der Waals surface area contributed by atoms with Gasteiger partial charge in [0.2, 0.25) is 0 Å². The van der Waals surface area contributed by atoms with Gasteiger partial charge in [-0.25, -0.2) is 9.67 Å². The normalized spacial score (nSPS) is 10.9. The van der Waals surface area contributed by atoms with Crippen molar-refractivity contribution in [1.29, 1.82) is 0 Å². The first kappa shape index (κ1) is 19.9. The number of nitrogens with zero attached hydrogens (tertiary/aromatic N) is 4. The van der Waals surface area contributed by atoms with Gasteiger partial charge in [0, 0.05) is 11.3 Å². The number of carbonyl (C=O) groups is 1. The number of nitrogens with one attached hydrogen (secondary N) is 2. The molecule has 0 bridgehead atoms. The van der Waals surface area contributed by atoms with Gasteiger partial charge in [-0.2, -0.15) is 5.10 Å². The molecule has 0 unspecified atom stereocenters. The fraction of sp³-hybridized carbons (Fsp3) is 0.0833. The van der Waals surface area contributed by atoms with Crippen LogP contribution in [-0.2, 0) is 0 Å². The Morgan fingerprint density at radius 3 is 2.75 bits per heavy atom. The lowest BCUT2D eigenvalue weighted by atomic mass is 10.2. The lowest BCUT2D eigenvalue weighted by molar-refractivity contribution is 0.102. The molecule has 0 aliphatic carbocycles. The summed E-state index contributed by atoms with van der Waals surface area (Å²) in [6.45, 7) is 3.97. The summed E-state index contributed by atoms with van der Waals surface area (Å²) in [5.41, 5.74) is 5.88. The molecule has 0 saturated heterocycles. The molecule has 0 fully saturated rings. The van der Waals surface area contributed by atoms with Crippen LogP contribution in [0.25, 0.3) is 15.9 Å². The molecule has 3 heterocycles. The zero-order valence-electron chi connectivity index (χ0n) is 17.5. The predicted molar refractivity (Wildman–Crippen MR) is 128 cm³/mol. The van der Waals surface area contributed by atoms with E-state index in [0.717, 1.165) is 32.4 Å². The van der Waals surface area contributed by atoms with Crippen LogP contribution in [0.1, 0.15) is 21.6 Å². The summed E-state index contributed by atoms with van der Waals surface area (Å²) in [4.78, 5) is 21.5. The molecule has 8 heteroatoms. The van der Waals surface area contributed by atoms with Gasteiger partial charge < -0.3 is 10.6 Å². The number of carbonyl (C=O) groups excluding carboxylic acids is 1. The minimum absolute atomic E-state index is 0.201. The number of hydrogen-bond acceptors (Lipinski definition) is 6. The molecule has 2 aromatic carbocycles. The number of anilines is 3. The molecule has 0 aliphatic heterocycles. The summed E-state index contributed by atoms with van der Waals surface area (Å²) in [5, 5.41) is 11.4. The topological polar surface area (TPSA) is 84.7 Å². The molecular formula is C24H20N6OS. The van der Waals surface area contributed by atoms with Crippen molar-refractivity contribution in [3.63, 3.8) is 0 Å². The maximum atomic E-state index is 12.7. The van der Waals surface area contributed by atoms with Gasteiger partial charge in [0.25, 0.3) is 5.91 Å². The number of aryl methyl sites for hydroxylation is 2. The Morgan fingerprint density at radius 1 is 1.00 bits per heavy atom. The van der Waals surface area contributed by atoms with E-state index >= 15 is 0 Å². The van der Waals surface area contributed by atoms with Crippen molar-refractivity contribution in [3.05, 3.63) is 90.0 Å². The maximum Gasteiger partial charge on any atom is 0.255 e. The lowest BCUT2D eigenvalue weighted by Crippen LogP contribution is -2.12. The lowest BCUT2D eigenvalue weighted by Gasteiger charge is -2.07. The summed E-state index contributed by atoms with van der Waals surface area (Å²) in [5.74, 6) is -0.201. The van der Waals surface area contributed by atoms with Gasteiger partial charge in [0.1, 0.15) is 0 Å². The SMILES string of the molecule is Cc1ccc2nc(Nc3cnn(-c4cccc(C(=O)Nc5ccc(C)nc5)c4)c3)sc2c1. The monoisotopic (exact) mass is 440 g/mol. The second-order valence-corrected chi connectivity index (χ2v) is 8.51. The maximum absolute atomic E-state index is 12.7. The second-order valence-electron chi connectivity index (χ2n) is 7.48. The first-order valence-electron chi connectivity index (χ1n) is 10.1. The van der Waals surface area contributed by atoms with Crippen LogP contribution in [-0.4, -0.2) is 25.7 Å². The number of hydrogen-bond donors (Lipinski definition) is 2. The van der Waals surface area contributed by atoms with Crippen LogP contribution >= 0.6 is 11.3 Å². The minimum Gasteiger partial charge on any atom is -0.329 e. The minimum atomic E-state index is -0.201. The van der Waals surface area contributed by atoms with E-state index in [-0.39, 0.29) is 5.91 Å². The van der Waals surface area contributed by atoms with E-state index in [1.54, 1.807) is 40.5 Å². The van der Waals surface area contributed by atoms with Crippen LogP contribution in [0.3, 0.4) is 0 Å². The molecule has 2 N–H and O–H groups in total. The summed E-state index contributed by atoms with van der Waals surface area (Å²) < 4.78 is 2.87. The van der Waals surface area contributed by atoms with Crippen molar-refractivity contribution in [2.24, 2.45) is 0 Å². The Balaban J connectivity index is 1.33. The van der Waals surface area contributed by atoms with Gasteiger partial charge in [-0.05, 0) is 61.9 Å². The molecule has 3 aromatic heterocycles. The largest absolute Gasteiger partial charge is 0.329 e. The molecule has 32 heavy (non-hydrogen) atoms. The van der Waals surface area contributed by atoms with Crippen molar-refractivity contribution in [1.82, 2.24) is 19.7 Å². The van der Waals surface area contributed by atoms with Crippen LogP contribution in [0, 0.1) is 13.8 Å². The van der Waals surface area contributed by atoms with Crippen molar-refractivity contribution >= 4 is 44.0 Å². The van der Waals surface area contributed by atoms with E-state index in [1.165, 1.54) is 5.56 Å². The number of rotatable bonds is 5. The molecule has 1 amide bonds. The first-order chi connectivity index (χ1) is 15.5. The fourth-order valence-electron chi connectivity index (χ4n) is 3.27. The number of pyridine rings is 1. The van der Waals surface area contributed by atoms with Gasteiger partial charge in [-0.15, -0.1) is 0 Å². The molecule has 0 atom stereocenters. The third-order valence-corrected chi connectivity index (χ3v) is 5.85. The predicted octanol–water partition coefficient (Wildman–Crippen LogP) is 5.49. The number of thiazole rings is 1. The van der Waals surface area contributed by atoms with Gasteiger partial charge in [0.15, 0.2) is 5.13 Å². The Hall–Kier alpha value is -4.04.